The number of hydrogen-bond donors (Lipinski definition) is 0. The van der Waals surface area contributed by atoms with Gasteiger partial charge in [-0.15, -0.1) is 0 Å². The molecule has 1 nitrogen and oxygen atoms in total. The van der Waals surface area contributed by atoms with Gasteiger partial charge in [0.15, 0.2) is 0 Å². The van der Waals surface area contributed by atoms with Gasteiger partial charge in [-0.05, 0) is 84.9 Å². The second-order valence-electron chi connectivity index (χ2n) is 12.4. The van der Waals surface area contributed by atoms with Crippen molar-refractivity contribution in [2.75, 3.05) is 0 Å². The zero-order valence-corrected chi connectivity index (χ0v) is 19.4. The van der Waals surface area contributed by atoms with E-state index in [9.17, 15) is 4.79 Å². The number of hydrogen-bond acceptors (Lipinski definition) is 1. The maximum absolute atomic E-state index is 13.4. The molecule has 0 heterocycles. The summed E-state index contributed by atoms with van der Waals surface area (Å²) in [6.07, 6.45) is 16.0. The Morgan fingerprint density at radius 3 is 2.39 bits per heavy atom. The highest BCUT2D eigenvalue weighted by Gasteiger charge is 2.62. The third-order valence-electron chi connectivity index (χ3n) is 10.6. The van der Waals surface area contributed by atoms with E-state index in [1.165, 1.54) is 70.6 Å². The van der Waals surface area contributed by atoms with E-state index in [0.717, 1.165) is 24.2 Å². The smallest absolute Gasteiger partial charge is 0.136 e. The minimum absolute atomic E-state index is 0.408. The zero-order valence-electron chi connectivity index (χ0n) is 19.4. The van der Waals surface area contributed by atoms with Crippen LogP contribution in [0.5, 0.6) is 0 Å². The first-order chi connectivity index (χ1) is 13.3. The van der Waals surface area contributed by atoms with Crippen LogP contribution in [0.25, 0.3) is 0 Å². The Morgan fingerprint density at radius 2 is 1.64 bits per heavy atom. The Morgan fingerprint density at radius 1 is 0.893 bits per heavy atom. The van der Waals surface area contributed by atoms with Crippen molar-refractivity contribution in [3.63, 3.8) is 0 Å². The van der Waals surface area contributed by atoms with Crippen molar-refractivity contribution in [1.82, 2.24) is 0 Å². The molecular weight excluding hydrogens is 340 g/mol. The molecule has 4 saturated carbocycles. The Hall–Kier alpha value is -0.330. The molecule has 4 aliphatic carbocycles. The van der Waals surface area contributed by atoms with E-state index >= 15 is 0 Å². The number of fused-ring (bicyclic) bond motifs is 5. The fourth-order valence-electron chi connectivity index (χ4n) is 8.99. The number of rotatable bonds is 5. The summed E-state index contributed by atoms with van der Waals surface area (Å²) in [4.78, 5) is 13.4. The minimum Gasteiger partial charge on any atom is -0.299 e. The molecule has 4 fully saturated rings. The number of carbonyl (C=O) groups excluding carboxylic acids is 1. The van der Waals surface area contributed by atoms with Crippen molar-refractivity contribution < 1.29 is 4.79 Å². The average molecular weight is 387 g/mol. The highest BCUT2D eigenvalue weighted by Crippen LogP contribution is 2.67. The number of Topliss-reactive ketones (excluding diaryl/α,β-unsaturated/α-hetero) is 1. The Bertz CT molecular complexity index is 579. The lowest BCUT2D eigenvalue weighted by Gasteiger charge is -2.60. The third kappa shape index (κ3) is 3.31. The lowest BCUT2D eigenvalue weighted by molar-refractivity contribution is -0.156. The van der Waals surface area contributed by atoms with Gasteiger partial charge in [-0.3, -0.25) is 4.79 Å². The molecule has 0 aliphatic heterocycles. The van der Waals surface area contributed by atoms with Gasteiger partial charge in [-0.2, -0.15) is 0 Å². The summed E-state index contributed by atoms with van der Waals surface area (Å²) in [5, 5.41) is 0. The van der Waals surface area contributed by atoms with Gasteiger partial charge in [0.05, 0.1) is 0 Å². The predicted octanol–water partition coefficient (Wildman–Crippen LogP) is 7.68. The summed E-state index contributed by atoms with van der Waals surface area (Å²) >= 11 is 0. The quantitative estimate of drug-likeness (QED) is 0.473. The molecule has 0 spiro atoms. The molecular formula is C27H46O. The molecule has 0 N–H and O–H groups in total. The van der Waals surface area contributed by atoms with Gasteiger partial charge in [0.1, 0.15) is 5.78 Å². The van der Waals surface area contributed by atoms with Gasteiger partial charge in [0.2, 0.25) is 0 Å². The van der Waals surface area contributed by atoms with Crippen LogP contribution in [-0.4, -0.2) is 5.78 Å². The first-order valence-electron chi connectivity index (χ1n) is 12.8. The van der Waals surface area contributed by atoms with Gasteiger partial charge < -0.3 is 0 Å². The first kappa shape index (κ1) is 20.9. The molecule has 160 valence electrons. The van der Waals surface area contributed by atoms with Crippen LogP contribution in [0.15, 0.2) is 0 Å². The van der Waals surface area contributed by atoms with Crippen LogP contribution in [0, 0.1) is 52.3 Å². The van der Waals surface area contributed by atoms with Crippen molar-refractivity contribution in [2.45, 2.75) is 112 Å². The fourth-order valence-corrected chi connectivity index (χ4v) is 8.99. The third-order valence-corrected chi connectivity index (χ3v) is 10.6. The van der Waals surface area contributed by atoms with E-state index in [1.54, 1.807) is 0 Å². The second-order valence-corrected chi connectivity index (χ2v) is 12.4. The maximum atomic E-state index is 13.4. The molecule has 0 aromatic heterocycles. The van der Waals surface area contributed by atoms with Crippen LogP contribution < -0.4 is 0 Å². The van der Waals surface area contributed by atoms with Crippen molar-refractivity contribution in [2.24, 2.45) is 52.3 Å². The number of carbonyl (C=O) groups is 1. The average Bonchev–Trinajstić information content (AvgIpc) is 2.99. The Labute approximate surface area is 174 Å². The monoisotopic (exact) mass is 386 g/mol. The van der Waals surface area contributed by atoms with E-state index in [2.05, 4.69) is 34.6 Å². The topological polar surface area (TPSA) is 17.1 Å². The SMILES string of the molecule is CC(C)CCC[C@@H](C)[C@@H]1CC[C@@H]2[C@@H]3C(=O)C[C@H]4CCCC[C@]4(C)[C@H]3CC[C@]21C. The molecule has 0 saturated heterocycles. The minimum atomic E-state index is 0.408. The molecule has 0 radical (unpaired) electrons. The van der Waals surface area contributed by atoms with Crippen LogP contribution in [-0.2, 0) is 4.79 Å². The van der Waals surface area contributed by atoms with Gasteiger partial charge in [-0.25, -0.2) is 0 Å². The molecule has 4 rings (SSSR count). The highest BCUT2D eigenvalue weighted by molar-refractivity contribution is 5.83. The largest absolute Gasteiger partial charge is 0.299 e. The molecule has 0 aromatic carbocycles. The van der Waals surface area contributed by atoms with Crippen LogP contribution in [0.4, 0.5) is 0 Å². The summed E-state index contributed by atoms with van der Waals surface area (Å²) in [5.74, 6) is 5.70. The van der Waals surface area contributed by atoms with Crippen LogP contribution in [0.3, 0.4) is 0 Å². The molecule has 8 atom stereocenters. The van der Waals surface area contributed by atoms with Crippen molar-refractivity contribution in [3.8, 4) is 0 Å². The standard InChI is InChI=1S/C27H46O/c1-18(2)9-8-10-19(3)21-12-13-22-25-23(14-16-27(21,22)5)26(4)15-7-6-11-20(26)17-24(25)28/h18-23,25H,6-17H2,1-5H3/t19-,20-,21+,22-,23+,25+,26+,27+/m1/s1. The summed E-state index contributed by atoms with van der Waals surface area (Å²) in [7, 11) is 0. The Kier molecular flexibility index (Phi) is 5.78. The van der Waals surface area contributed by atoms with Gasteiger partial charge in [0, 0.05) is 12.3 Å². The molecule has 0 bridgehead atoms. The van der Waals surface area contributed by atoms with Gasteiger partial charge in [0.25, 0.3) is 0 Å². The summed E-state index contributed by atoms with van der Waals surface area (Å²) < 4.78 is 0. The van der Waals surface area contributed by atoms with Crippen LogP contribution in [0.2, 0.25) is 0 Å². The maximum Gasteiger partial charge on any atom is 0.136 e. The summed E-state index contributed by atoms with van der Waals surface area (Å²) in [6, 6.07) is 0. The van der Waals surface area contributed by atoms with Crippen LogP contribution in [0.1, 0.15) is 112 Å². The van der Waals surface area contributed by atoms with Crippen molar-refractivity contribution >= 4 is 5.78 Å². The second kappa shape index (κ2) is 7.73. The van der Waals surface area contributed by atoms with E-state index < -0.39 is 0 Å². The highest BCUT2D eigenvalue weighted by atomic mass is 16.1. The molecule has 28 heavy (non-hydrogen) atoms. The summed E-state index contributed by atoms with van der Waals surface area (Å²) in [5.41, 5.74) is 0.908. The molecule has 4 aliphatic rings. The van der Waals surface area contributed by atoms with Crippen molar-refractivity contribution in [1.29, 1.82) is 0 Å². The molecule has 0 unspecified atom stereocenters. The van der Waals surface area contributed by atoms with E-state index in [-0.39, 0.29) is 0 Å². The lowest BCUT2D eigenvalue weighted by atomic mass is 9.44. The number of ketones is 1. The Balaban J connectivity index is 1.51. The van der Waals surface area contributed by atoms with E-state index in [0.29, 0.717) is 40.3 Å². The molecule has 0 aromatic rings. The van der Waals surface area contributed by atoms with Gasteiger partial charge >= 0.3 is 0 Å². The fraction of sp³-hybridized carbons (Fsp3) is 0.963. The zero-order chi connectivity index (χ0) is 20.1. The molecule has 0 amide bonds. The van der Waals surface area contributed by atoms with Crippen molar-refractivity contribution in [3.05, 3.63) is 0 Å². The van der Waals surface area contributed by atoms with E-state index in [4.69, 9.17) is 0 Å². The predicted molar refractivity (Wildman–Crippen MR) is 118 cm³/mol. The lowest BCUT2D eigenvalue weighted by Crippen LogP contribution is -2.56. The normalized spacial score (nSPS) is 46.8. The summed E-state index contributed by atoms with van der Waals surface area (Å²) in [6.45, 7) is 12.4. The van der Waals surface area contributed by atoms with Crippen LogP contribution >= 0.6 is 0 Å². The first-order valence-corrected chi connectivity index (χ1v) is 12.8. The molecule has 1 heteroatoms. The van der Waals surface area contributed by atoms with E-state index in [1.807, 2.05) is 0 Å². The van der Waals surface area contributed by atoms with Gasteiger partial charge in [-0.1, -0.05) is 66.7 Å².